The molecule has 12 nitrogen and oxygen atoms in total. The van der Waals surface area contributed by atoms with Gasteiger partial charge >= 0.3 is 24.4 Å². The summed E-state index contributed by atoms with van der Waals surface area (Å²) in [5.41, 5.74) is 0.451. The Hall–Kier alpha value is -3.54. The van der Waals surface area contributed by atoms with Crippen molar-refractivity contribution in [3.8, 4) is 11.5 Å². The minimum absolute atomic E-state index is 0.0280. The molecule has 202 valence electrons. The van der Waals surface area contributed by atoms with Gasteiger partial charge in [0.2, 0.25) is 0 Å². The molecule has 2 N–H and O–H groups in total. The molecule has 2 atom stereocenters. The van der Waals surface area contributed by atoms with Crippen LogP contribution >= 0.6 is 0 Å². The monoisotopic (exact) mass is 513 g/mol. The first kappa shape index (κ1) is 30.5. The zero-order valence-electron chi connectivity index (χ0n) is 21.2. The molecule has 0 aromatic heterocycles. The van der Waals surface area contributed by atoms with Crippen molar-refractivity contribution in [2.45, 2.75) is 59.6 Å². The van der Waals surface area contributed by atoms with Crippen LogP contribution in [0.2, 0.25) is 0 Å². The van der Waals surface area contributed by atoms with Crippen LogP contribution in [0.4, 0.5) is 14.4 Å². The van der Waals surface area contributed by atoms with Gasteiger partial charge < -0.3 is 38.8 Å². The Labute approximate surface area is 210 Å². The topological polar surface area (TPSA) is 156 Å². The number of aliphatic carboxylic acids is 1. The number of rotatable bonds is 14. The molecule has 0 heterocycles. The summed E-state index contributed by atoms with van der Waals surface area (Å²) < 4.78 is 29.7. The number of nitrogens with one attached hydrogen (secondary N) is 1. The van der Waals surface area contributed by atoms with E-state index in [0.29, 0.717) is 17.9 Å². The van der Waals surface area contributed by atoms with Crippen molar-refractivity contribution in [2.24, 2.45) is 5.92 Å². The molecular formula is C24H35NO11. The van der Waals surface area contributed by atoms with Crippen LogP contribution in [0.1, 0.15) is 46.6 Å². The van der Waals surface area contributed by atoms with Crippen LogP contribution in [0.5, 0.6) is 11.5 Å². The van der Waals surface area contributed by atoms with E-state index in [1.165, 1.54) is 18.2 Å². The molecule has 1 unspecified atom stereocenters. The SMILES string of the molecule is CCOC(=O)Oc1ccc(C[C@H](NCC(C)OC(=O)OCCC(C)C)C(=O)O)cc1OC(=O)OCC. The Bertz CT molecular complexity index is 872. The fourth-order valence-corrected chi connectivity index (χ4v) is 2.73. The van der Waals surface area contributed by atoms with Gasteiger partial charge in [-0.15, -0.1) is 0 Å². The van der Waals surface area contributed by atoms with Crippen LogP contribution in [0.3, 0.4) is 0 Å². The lowest BCUT2D eigenvalue weighted by molar-refractivity contribution is -0.139. The third-order valence-corrected chi connectivity index (χ3v) is 4.52. The third-order valence-electron chi connectivity index (χ3n) is 4.52. The second-order valence-electron chi connectivity index (χ2n) is 8.06. The van der Waals surface area contributed by atoms with Gasteiger partial charge in [0.05, 0.1) is 19.8 Å². The van der Waals surface area contributed by atoms with E-state index >= 15 is 0 Å². The second kappa shape index (κ2) is 16.2. The van der Waals surface area contributed by atoms with Gasteiger partial charge in [-0.1, -0.05) is 19.9 Å². The van der Waals surface area contributed by atoms with Gasteiger partial charge in [-0.25, -0.2) is 14.4 Å². The zero-order valence-corrected chi connectivity index (χ0v) is 21.2. The molecule has 36 heavy (non-hydrogen) atoms. The van der Waals surface area contributed by atoms with Crippen LogP contribution in [0.25, 0.3) is 0 Å². The molecular weight excluding hydrogens is 478 g/mol. The predicted molar refractivity (Wildman–Crippen MR) is 126 cm³/mol. The summed E-state index contributed by atoms with van der Waals surface area (Å²) in [6.07, 6.45) is -2.83. The molecule has 0 fully saturated rings. The van der Waals surface area contributed by atoms with Crippen LogP contribution < -0.4 is 14.8 Å². The van der Waals surface area contributed by atoms with E-state index in [2.05, 4.69) is 5.32 Å². The molecule has 0 amide bonds. The van der Waals surface area contributed by atoms with Gasteiger partial charge in [-0.3, -0.25) is 4.79 Å². The fraction of sp³-hybridized carbons (Fsp3) is 0.583. The Morgan fingerprint density at radius 3 is 2.06 bits per heavy atom. The van der Waals surface area contributed by atoms with Crippen LogP contribution in [-0.4, -0.2) is 68.1 Å². The van der Waals surface area contributed by atoms with Crippen molar-refractivity contribution in [3.63, 3.8) is 0 Å². The van der Waals surface area contributed by atoms with Gasteiger partial charge in [0.25, 0.3) is 0 Å². The predicted octanol–water partition coefficient (Wildman–Crippen LogP) is 3.93. The lowest BCUT2D eigenvalue weighted by Crippen LogP contribution is -2.42. The Morgan fingerprint density at radius 2 is 1.50 bits per heavy atom. The maximum atomic E-state index is 11.8. The number of carbonyl (C=O) groups excluding carboxylic acids is 3. The highest BCUT2D eigenvalue weighted by Crippen LogP contribution is 2.30. The first-order chi connectivity index (χ1) is 17.0. The van der Waals surface area contributed by atoms with E-state index in [1.807, 2.05) is 13.8 Å². The molecule has 1 rings (SSSR count). The highest BCUT2D eigenvalue weighted by Gasteiger charge is 2.22. The van der Waals surface area contributed by atoms with E-state index in [0.717, 1.165) is 0 Å². The Balaban J connectivity index is 2.83. The third kappa shape index (κ3) is 12.2. The summed E-state index contributed by atoms with van der Waals surface area (Å²) in [5.74, 6) is -1.03. The normalized spacial score (nSPS) is 12.3. The van der Waals surface area contributed by atoms with E-state index in [-0.39, 0.29) is 44.3 Å². The molecule has 1 aromatic carbocycles. The highest BCUT2D eigenvalue weighted by atomic mass is 16.7. The van der Waals surface area contributed by atoms with Crippen molar-refractivity contribution < 1.29 is 52.7 Å². The van der Waals surface area contributed by atoms with Crippen molar-refractivity contribution in [1.29, 1.82) is 0 Å². The van der Waals surface area contributed by atoms with Gasteiger partial charge in [0, 0.05) is 6.54 Å². The maximum Gasteiger partial charge on any atom is 0.513 e. The largest absolute Gasteiger partial charge is 0.513 e. The summed E-state index contributed by atoms with van der Waals surface area (Å²) >= 11 is 0. The molecule has 0 aliphatic carbocycles. The van der Waals surface area contributed by atoms with Crippen molar-refractivity contribution in [1.82, 2.24) is 5.32 Å². The first-order valence-electron chi connectivity index (χ1n) is 11.7. The summed E-state index contributed by atoms with van der Waals surface area (Å²) in [4.78, 5) is 47.0. The van der Waals surface area contributed by atoms with Crippen LogP contribution in [0.15, 0.2) is 18.2 Å². The van der Waals surface area contributed by atoms with Gasteiger partial charge in [-0.2, -0.15) is 0 Å². The smallest absolute Gasteiger partial charge is 0.480 e. The lowest BCUT2D eigenvalue weighted by atomic mass is 10.0. The standard InChI is InChI=1S/C24H35NO11/c1-6-31-22(28)35-19-9-8-17(13-20(19)36-23(29)32-7-2)12-18(21(26)27)25-14-16(5)34-24(30)33-11-10-15(3)4/h8-9,13,15-16,18,25H,6-7,10-12,14H2,1-5H3,(H,26,27)/t16?,18-/m0/s1. The maximum absolute atomic E-state index is 11.8. The van der Waals surface area contributed by atoms with E-state index < -0.39 is 36.6 Å². The van der Waals surface area contributed by atoms with E-state index in [4.69, 9.17) is 28.4 Å². The van der Waals surface area contributed by atoms with E-state index in [9.17, 15) is 24.3 Å². The highest BCUT2D eigenvalue weighted by molar-refractivity contribution is 5.74. The number of benzene rings is 1. The van der Waals surface area contributed by atoms with E-state index in [1.54, 1.807) is 20.8 Å². The van der Waals surface area contributed by atoms with Crippen molar-refractivity contribution >= 4 is 24.4 Å². The summed E-state index contributed by atoms with van der Waals surface area (Å²) in [7, 11) is 0. The minimum Gasteiger partial charge on any atom is -0.480 e. The van der Waals surface area contributed by atoms with Crippen molar-refractivity contribution in [3.05, 3.63) is 23.8 Å². The number of carboxylic acids is 1. The summed E-state index contributed by atoms with van der Waals surface area (Å²) in [6.45, 7) is 9.21. The average Bonchev–Trinajstić information content (AvgIpc) is 2.78. The van der Waals surface area contributed by atoms with Gasteiger partial charge in [0.15, 0.2) is 11.5 Å². The molecule has 0 bridgehead atoms. The lowest BCUT2D eigenvalue weighted by Gasteiger charge is -2.19. The number of hydrogen-bond acceptors (Lipinski definition) is 11. The molecule has 0 radical (unpaired) electrons. The van der Waals surface area contributed by atoms with Crippen molar-refractivity contribution in [2.75, 3.05) is 26.4 Å². The molecule has 0 aliphatic heterocycles. The summed E-state index contributed by atoms with van der Waals surface area (Å²) in [6, 6.07) is 3.14. The second-order valence-corrected chi connectivity index (χ2v) is 8.06. The minimum atomic E-state index is -1.15. The zero-order chi connectivity index (χ0) is 27.1. The summed E-state index contributed by atoms with van der Waals surface area (Å²) in [5, 5.41) is 12.4. The molecule has 0 aliphatic rings. The number of carbonyl (C=O) groups is 4. The van der Waals surface area contributed by atoms with Gasteiger partial charge in [0.1, 0.15) is 12.1 Å². The molecule has 12 heteroatoms. The quantitative estimate of drug-likeness (QED) is 0.210. The Morgan fingerprint density at radius 1 is 0.889 bits per heavy atom. The molecule has 0 saturated heterocycles. The van der Waals surface area contributed by atoms with Crippen LogP contribution in [-0.2, 0) is 30.2 Å². The number of ether oxygens (including phenoxy) is 6. The fourth-order valence-electron chi connectivity index (χ4n) is 2.73. The number of hydrogen-bond donors (Lipinski definition) is 2. The van der Waals surface area contributed by atoms with Gasteiger partial charge in [-0.05, 0) is 57.2 Å². The average molecular weight is 514 g/mol. The Kier molecular flexibility index (Phi) is 13.7. The molecule has 1 aromatic rings. The number of carboxylic acid groups (broad SMARTS) is 1. The molecule has 0 spiro atoms. The molecule has 0 saturated carbocycles. The first-order valence-corrected chi connectivity index (χ1v) is 11.7. The van der Waals surface area contributed by atoms with Crippen LogP contribution in [0, 0.1) is 5.92 Å².